The van der Waals surface area contributed by atoms with Crippen molar-refractivity contribution in [2.24, 2.45) is 11.8 Å². The van der Waals surface area contributed by atoms with Crippen molar-refractivity contribution < 1.29 is 22.7 Å². The molecule has 2 aromatic carbocycles. The molecule has 0 bridgehead atoms. The number of sulfonamides is 1. The number of aryl methyl sites for hydroxylation is 1. The van der Waals surface area contributed by atoms with Crippen molar-refractivity contribution >= 4 is 16.0 Å². The Kier molecular flexibility index (Phi) is 9.85. The first-order valence-corrected chi connectivity index (χ1v) is 16.8. The van der Waals surface area contributed by atoms with Crippen LogP contribution in [0.4, 0.5) is 0 Å². The third-order valence-corrected chi connectivity index (χ3v) is 11.4. The second kappa shape index (κ2) is 13.4. The monoisotopic (exact) mass is 582 g/mol. The number of carbonyl (C=O) groups excluding carboxylic acids is 1. The van der Waals surface area contributed by atoms with Crippen LogP contribution in [0.15, 0.2) is 59.5 Å². The SMILES string of the molecule is CN(CC(C)(CCN1CCC2CCCC2C1)c1ccccc1)S(=O)(=O)c1ccc(CCC(=O)O[C@H]2CCOC2)cc1. The molecule has 3 unspecified atom stereocenters. The Hall–Kier alpha value is -2.26. The second-order valence-electron chi connectivity index (χ2n) is 12.6. The summed E-state index contributed by atoms with van der Waals surface area (Å²) in [5, 5.41) is 0. The summed E-state index contributed by atoms with van der Waals surface area (Å²) in [6, 6.07) is 17.3. The molecule has 2 aliphatic heterocycles. The molecular formula is C33H46N2O5S. The topological polar surface area (TPSA) is 76.2 Å². The summed E-state index contributed by atoms with van der Waals surface area (Å²) in [7, 11) is -1.99. The molecule has 0 spiro atoms. The van der Waals surface area contributed by atoms with Gasteiger partial charge in [-0.1, -0.05) is 62.2 Å². The molecular weight excluding hydrogens is 536 g/mol. The lowest BCUT2D eigenvalue weighted by Crippen LogP contribution is -2.44. The number of piperidine rings is 1. The minimum Gasteiger partial charge on any atom is -0.460 e. The van der Waals surface area contributed by atoms with Crippen LogP contribution in [0, 0.1) is 11.8 Å². The molecule has 7 nitrogen and oxygen atoms in total. The Labute approximate surface area is 246 Å². The fourth-order valence-electron chi connectivity index (χ4n) is 6.95. The van der Waals surface area contributed by atoms with E-state index in [2.05, 4.69) is 24.0 Å². The van der Waals surface area contributed by atoms with Gasteiger partial charge in [-0.15, -0.1) is 0 Å². The van der Waals surface area contributed by atoms with Crippen molar-refractivity contribution in [1.29, 1.82) is 0 Å². The first-order chi connectivity index (χ1) is 19.7. The number of carbonyl (C=O) groups is 1. The van der Waals surface area contributed by atoms with Crippen LogP contribution in [0.1, 0.15) is 63.0 Å². The zero-order valence-corrected chi connectivity index (χ0v) is 25.5. The van der Waals surface area contributed by atoms with E-state index in [1.54, 1.807) is 31.3 Å². The van der Waals surface area contributed by atoms with Crippen molar-refractivity contribution in [3.05, 3.63) is 65.7 Å². The molecule has 0 aromatic heterocycles. The van der Waals surface area contributed by atoms with Gasteiger partial charge >= 0.3 is 5.97 Å². The molecule has 2 saturated heterocycles. The van der Waals surface area contributed by atoms with Gasteiger partial charge in [-0.25, -0.2) is 12.7 Å². The minimum atomic E-state index is -3.68. The number of ether oxygens (including phenoxy) is 2. The van der Waals surface area contributed by atoms with Crippen LogP contribution < -0.4 is 0 Å². The Balaban J connectivity index is 1.21. The summed E-state index contributed by atoms with van der Waals surface area (Å²) in [5.41, 5.74) is 1.76. The lowest BCUT2D eigenvalue weighted by atomic mass is 9.78. The highest BCUT2D eigenvalue weighted by Crippen LogP contribution is 2.38. The summed E-state index contributed by atoms with van der Waals surface area (Å²) in [6.07, 6.45) is 7.69. The number of nitrogens with zero attached hydrogens (tertiary/aromatic N) is 2. The maximum atomic E-state index is 13.7. The van der Waals surface area contributed by atoms with Gasteiger partial charge in [0.2, 0.25) is 10.0 Å². The highest BCUT2D eigenvalue weighted by Gasteiger charge is 2.36. The van der Waals surface area contributed by atoms with Crippen LogP contribution in [-0.4, -0.2) is 76.1 Å². The first kappa shape index (κ1) is 30.2. The first-order valence-electron chi connectivity index (χ1n) is 15.3. The number of rotatable bonds is 12. The van der Waals surface area contributed by atoms with Gasteiger partial charge in [0.15, 0.2) is 0 Å². The molecule has 8 heteroatoms. The number of fused-ring (bicyclic) bond motifs is 1. The summed E-state index contributed by atoms with van der Waals surface area (Å²) in [6.45, 7) is 7.02. The Bertz CT molecular complexity index is 1250. The van der Waals surface area contributed by atoms with Gasteiger partial charge in [-0.05, 0) is 73.9 Å². The van der Waals surface area contributed by atoms with Crippen molar-refractivity contribution in [3.63, 3.8) is 0 Å². The van der Waals surface area contributed by atoms with Gasteiger partial charge in [0.25, 0.3) is 0 Å². The van der Waals surface area contributed by atoms with E-state index in [9.17, 15) is 13.2 Å². The van der Waals surface area contributed by atoms with Crippen LogP contribution in [0.2, 0.25) is 0 Å². The maximum Gasteiger partial charge on any atom is 0.306 e. The van der Waals surface area contributed by atoms with Crippen molar-refractivity contribution in [2.75, 3.05) is 46.4 Å². The Morgan fingerprint density at radius 1 is 1.05 bits per heavy atom. The van der Waals surface area contributed by atoms with Gasteiger partial charge in [-0.2, -0.15) is 0 Å². The van der Waals surface area contributed by atoms with Gasteiger partial charge in [0.1, 0.15) is 6.10 Å². The van der Waals surface area contributed by atoms with Crippen molar-refractivity contribution in [3.8, 4) is 0 Å². The molecule has 0 radical (unpaired) electrons. The lowest BCUT2D eigenvalue weighted by Gasteiger charge is -2.39. The number of hydrogen-bond donors (Lipinski definition) is 0. The fraction of sp³-hybridized carbons (Fsp3) is 0.606. The van der Waals surface area contributed by atoms with E-state index in [1.807, 2.05) is 18.2 Å². The molecule has 0 amide bonds. The smallest absolute Gasteiger partial charge is 0.306 e. The number of likely N-dealkylation sites (tertiary alicyclic amines) is 1. The molecule has 2 aromatic rings. The van der Waals surface area contributed by atoms with Crippen LogP contribution >= 0.6 is 0 Å². The highest BCUT2D eigenvalue weighted by molar-refractivity contribution is 7.89. The standard InChI is InChI=1S/C33H46N2O5S/c1-33(29-9-4-3-5-10-29,19-21-35-20-17-27-7-6-8-28(27)23-35)25-34(2)41(37,38)31-14-11-26(12-15-31)13-16-32(36)40-30-18-22-39-24-30/h3-5,9-12,14-15,27-28,30H,6-8,13,16-25H2,1-2H3/t27?,28?,30-,33?/m0/s1. The van der Waals surface area contributed by atoms with E-state index in [0.717, 1.165) is 43.3 Å². The second-order valence-corrected chi connectivity index (χ2v) is 14.6. The van der Waals surface area contributed by atoms with E-state index in [1.165, 1.54) is 42.1 Å². The quantitative estimate of drug-likeness (QED) is 0.327. The van der Waals surface area contributed by atoms with Crippen molar-refractivity contribution in [2.45, 2.75) is 74.7 Å². The van der Waals surface area contributed by atoms with E-state index in [0.29, 0.717) is 26.2 Å². The zero-order chi connectivity index (χ0) is 28.9. The van der Waals surface area contributed by atoms with Gasteiger partial charge in [0.05, 0.1) is 18.1 Å². The summed E-state index contributed by atoms with van der Waals surface area (Å²) >= 11 is 0. The largest absolute Gasteiger partial charge is 0.460 e. The molecule has 1 saturated carbocycles. The summed E-state index contributed by atoms with van der Waals surface area (Å²) in [5.74, 6) is 1.50. The van der Waals surface area contributed by atoms with Crippen LogP contribution in [0.5, 0.6) is 0 Å². The molecule has 2 heterocycles. The zero-order valence-electron chi connectivity index (χ0n) is 24.7. The molecule has 3 fully saturated rings. The number of likely N-dealkylation sites (N-methyl/N-ethyl adjacent to an activating group) is 1. The minimum absolute atomic E-state index is 0.147. The maximum absolute atomic E-state index is 13.7. The van der Waals surface area contributed by atoms with Crippen LogP contribution in [-0.2, 0) is 36.1 Å². The van der Waals surface area contributed by atoms with Gasteiger partial charge in [-0.3, -0.25) is 4.79 Å². The van der Waals surface area contributed by atoms with Crippen LogP contribution in [0.3, 0.4) is 0 Å². The van der Waals surface area contributed by atoms with Gasteiger partial charge in [0, 0.05) is 38.4 Å². The average Bonchev–Trinajstić information content (AvgIpc) is 3.67. The fourth-order valence-corrected chi connectivity index (χ4v) is 8.24. The summed E-state index contributed by atoms with van der Waals surface area (Å²) in [4.78, 5) is 15.0. The molecule has 41 heavy (non-hydrogen) atoms. The molecule has 0 N–H and O–H groups in total. The number of hydrogen-bond acceptors (Lipinski definition) is 6. The van der Waals surface area contributed by atoms with Crippen LogP contribution in [0.25, 0.3) is 0 Å². The summed E-state index contributed by atoms with van der Waals surface area (Å²) < 4.78 is 39.5. The number of benzene rings is 2. The third kappa shape index (κ3) is 7.58. The third-order valence-electron chi connectivity index (χ3n) is 9.58. The molecule has 4 atom stereocenters. The van der Waals surface area contributed by atoms with E-state index in [4.69, 9.17) is 9.47 Å². The predicted molar refractivity (Wildman–Crippen MR) is 160 cm³/mol. The predicted octanol–water partition coefficient (Wildman–Crippen LogP) is 5.04. The lowest BCUT2D eigenvalue weighted by molar-refractivity contribution is -0.148. The van der Waals surface area contributed by atoms with E-state index < -0.39 is 10.0 Å². The van der Waals surface area contributed by atoms with E-state index in [-0.39, 0.29) is 28.8 Å². The normalized spacial score (nSPS) is 24.7. The average molecular weight is 583 g/mol. The molecule has 3 aliphatic rings. The Morgan fingerprint density at radius 3 is 2.54 bits per heavy atom. The highest BCUT2D eigenvalue weighted by atomic mass is 32.2. The van der Waals surface area contributed by atoms with Crippen molar-refractivity contribution in [1.82, 2.24) is 9.21 Å². The number of esters is 1. The molecule has 5 rings (SSSR count). The van der Waals surface area contributed by atoms with E-state index >= 15 is 0 Å². The Morgan fingerprint density at radius 2 is 1.80 bits per heavy atom. The molecule has 224 valence electrons. The van der Waals surface area contributed by atoms with Gasteiger partial charge < -0.3 is 14.4 Å². The molecule has 1 aliphatic carbocycles.